The molecule has 3 unspecified atom stereocenters. The normalized spacial score (nSPS) is 23.1. The van der Waals surface area contributed by atoms with Gasteiger partial charge in [-0.3, -0.25) is 0 Å². The SMILES string of the molecule is OC(c1cc(Br)ccc1I)C1CC1c1ccccc1. The van der Waals surface area contributed by atoms with Crippen molar-refractivity contribution < 1.29 is 5.11 Å². The van der Waals surface area contributed by atoms with E-state index in [0.717, 1.165) is 20.0 Å². The Bertz CT molecular complexity index is 585. The van der Waals surface area contributed by atoms with Crippen molar-refractivity contribution in [3.05, 3.63) is 67.7 Å². The van der Waals surface area contributed by atoms with Crippen LogP contribution in [0.2, 0.25) is 0 Å². The third kappa shape index (κ3) is 2.88. The predicted octanol–water partition coefficient (Wildman–Crippen LogP) is 4.89. The summed E-state index contributed by atoms with van der Waals surface area (Å²) in [6.07, 6.45) is 0.711. The summed E-state index contributed by atoms with van der Waals surface area (Å²) in [4.78, 5) is 0. The third-order valence-corrected chi connectivity index (χ3v) is 5.23. The van der Waals surface area contributed by atoms with Crippen molar-refractivity contribution in [2.24, 2.45) is 5.92 Å². The zero-order chi connectivity index (χ0) is 13.4. The second-order valence-corrected chi connectivity index (χ2v) is 7.11. The smallest absolute Gasteiger partial charge is 0.0834 e. The quantitative estimate of drug-likeness (QED) is 0.690. The third-order valence-electron chi connectivity index (χ3n) is 3.75. The van der Waals surface area contributed by atoms with Gasteiger partial charge in [0.1, 0.15) is 0 Å². The molecule has 0 heterocycles. The van der Waals surface area contributed by atoms with E-state index in [1.54, 1.807) is 0 Å². The largest absolute Gasteiger partial charge is 0.388 e. The van der Waals surface area contributed by atoms with Gasteiger partial charge in [-0.05, 0) is 70.2 Å². The molecule has 1 N–H and O–H groups in total. The fourth-order valence-corrected chi connectivity index (χ4v) is 3.65. The summed E-state index contributed by atoms with van der Waals surface area (Å²) in [5, 5.41) is 10.6. The fourth-order valence-electron chi connectivity index (χ4n) is 2.62. The summed E-state index contributed by atoms with van der Waals surface area (Å²) < 4.78 is 2.16. The molecule has 0 amide bonds. The maximum absolute atomic E-state index is 10.6. The van der Waals surface area contributed by atoms with Crippen LogP contribution in [0.15, 0.2) is 53.0 Å². The van der Waals surface area contributed by atoms with Gasteiger partial charge in [0.2, 0.25) is 0 Å². The second-order valence-electron chi connectivity index (χ2n) is 5.03. The number of halogens is 2. The Morgan fingerprint density at radius 3 is 2.63 bits per heavy atom. The van der Waals surface area contributed by atoms with E-state index in [2.05, 4.69) is 62.8 Å². The topological polar surface area (TPSA) is 20.2 Å². The van der Waals surface area contributed by atoms with Gasteiger partial charge in [-0.25, -0.2) is 0 Å². The van der Waals surface area contributed by atoms with Gasteiger partial charge in [-0.15, -0.1) is 0 Å². The molecule has 98 valence electrons. The summed E-state index contributed by atoms with van der Waals surface area (Å²) in [6, 6.07) is 16.6. The number of rotatable bonds is 3. The van der Waals surface area contributed by atoms with E-state index < -0.39 is 0 Å². The average molecular weight is 429 g/mol. The van der Waals surface area contributed by atoms with Crippen LogP contribution in [0.5, 0.6) is 0 Å². The Kier molecular flexibility index (Phi) is 3.96. The first-order chi connectivity index (χ1) is 9.16. The first kappa shape index (κ1) is 13.6. The summed E-state index contributed by atoms with van der Waals surface area (Å²) in [5.41, 5.74) is 2.38. The second kappa shape index (κ2) is 5.54. The molecule has 3 rings (SSSR count). The Labute approximate surface area is 135 Å². The Morgan fingerprint density at radius 1 is 1.16 bits per heavy atom. The van der Waals surface area contributed by atoms with Crippen molar-refractivity contribution in [1.82, 2.24) is 0 Å². The number of hydrogen-bond donors (Lipinski definition) is 1. The van der Waals surface area contributed by atoms with E-state index in [0.29, 0.717) is 11.8 Å². The monoisotopic (exact) mass is 428 g/mol. The lowest BCUT2D eigenvalue weighted by atomic mass is 10.0. The van der Waals surface area contributed by atoms with Crippen LogP contribution in [0.25, 0.3) is 0 Å². The zero-order valence-corrected chi connectivity index (χ0v) is 14.0. The van der Waals surface area contributed by atoms with Crippen LogP contribution in [0.3, 0.4) is 0 Å². The van der Waals surface area contributed by atoms with Gasteiger partial charge >= 0.3 is 0 Å². The molecule has 19 heavy (non-hydrogen) atoms. The van der Waals surface area contributed by atoms with Crippen molar-refractivity contribution in [3.8, 4) is 0 Å². The van der Waals surface area contributed by atoms with Crippen LogP contribution in [0.4, 0.5) is 0 Å². The van der Waals surface area contributed by atoms with Gasteiger partial charge in [0.05, 0.1) is 6.10 Å². The first-order valence-electron chi connectivity index (χ1n) is 6.35. The summed E-state index contributed by atoms with van der Waals surface area (Å²) in [5.74, 6) is 0.858. The van der Waals surface area contributed by atoms with Gasteiger partial charge in [0.15, 0.2) is 0 Å². The summed E-state index contributed by atoms with van der Waals surface area (Å²) in [6.45, 7) is 0. The molecule has 0 spiro atoms. The van der Waals surface area contributed by atoms with Crippen LogP contribution in [-0.4, -0.2) is 5.11 Å². The Balaban J connectivity index is 1.80. The van der Waals surface area contributed by atoms with Gasteiger partial charge in [0, 0.05) is 8.04 Å². The molecular formula is C16H14BrIO. The summed E-state index contributed by atoms with van der Waals surface area (Å²) in [7, 11) is 0. The minimum Gasteiger partial charge on any atom is -0.388 e. The lowest BCUT2D eigenvalue weighted by Crippen LogP contribution is -2.03. The fraction of sp³-hybridized carbons (Fsp3) is 0.250. The van der Waals surface area contributed by atoms with E-state index >= 15 is 0 Å². The van der Waals surface area contributed by atoms with Crippen molar-refractivity contribution in [1.29, 1.82) is 0 Å². The lowest BCUT2D eigenvalue weighted by molar-refractivity contribution is 0.150. The van der Waals surface area contributed by atoms with E-state index in [-0.39, 0.29) is 6.10 Å². The zero-order valence-electron chi connectivity index (χ0n) is 10.3. The molecule has 2 aromatic carbocycles. The maximum Gasteiger partial charge on any atom is 0.0834 e. The van der Waals surface area contributed by atoms with Gasteiger partial charge in [-0.2, -0.15) is 0 Å². The molecular weight excluding hydrogens is 415 g/mol. The van der Waals surface area contributed by atoms with Crippen molar-refractivity contribution in [2.45, 2.75) is 18.4 Å². The van der Waals surface area contributed by atoms with Crippen LogP contribution in [0, 0.1) is 9.49 Å². The van der Waals surface area contributed by atoms with Crippen LogP contribution in [-0.2, 0) is 0 Å². The average Bonchev–Trinajstić information content (AvgIpc) is 3.22. The van der Waals surface area contributed by atoms with E-state index in [4.69, 9.17) is 0 Å². The molecule has 0 bridgehead atoms. The van der Waals surface area contributed by atoms with Crippen LogP contribution in [0.1, 0.15) is 29.6 Å². The molecule has 0 radical (unpaired) electrons. The Hall–Kier alpha value is -0.390. The molecule has 0 aromatic heterocycles. The van der Waals surface area contributed by atoms with Crippen molar-refractivity contribution in [2.75, 3.05) is 0 Å². The number of hydrogen-bond acceptors (Lipinski definition) is 1. The van der Waals surface area contributed by atoms with Gasteiger partial charge in [0.25, 0.3) is 0 Å². The highest BCUT2D eigenvalue weighted by molar-refractivity contribution is 14.1. The number of aliphatic hydroxyl groups is 1. The van der Waals surface area contributed by atoms with Crippen molar-refractivity contribution >= 4 is 38.5 Å². The van der Waals surface area contributed by atoms with E-state index in [9.17, 15) is 5.11 Å². The summed E-state index contributed by atoms with van der Waals surface area (Å²) >= 11 is 5.77. The predicted molar refractivity (Wildman–Crippen MR) is 89.1 cm³/mol. The highest BCUT2D eigenvalue weighted by Gasteiger charge is 2.44. The van der Waals surface area contributed by atoms with Gasteiger partial charge < -0.3 is 5.11 Å². The molecule has 1 aliphatic rings. The molecule has 3 heteroatoms. The van der Waals surface area contributed by atoms with E-state index in [1.807, 2.05) is 24.3 Å². The highest BCUT2D eigenvalue weighted by Crippen LogP contribution is 2.54. The van der Waals surface area contributed by atoms with Crippen LogP contribution < -0.4 is 0 Å². The minimum atomic E-state index is -0.366. The minimum absolute atomic E-state index is 0.352. The standard InChI is InChI=1S/C16H14BrIO/c17-11-6-7-15(18)14(8-11)16(19)13-9-12(13)10-4-2-1-3-5-10/h1-8,12-13,16,19H,9H2. The van der Waals surface area contributed by atoms with E-state index in [1.165, 1.54) is 5.56 Å². The molecule has 3 atom stereocenters. The molecule has 1 saturated carbocycles. The Morgan fingerprint density at radius 2 is 1.89 bits per heavy atom. The van der Waals surface area contributed by atoms with Crippen molar-refractivity contribution in [3.63, 3.8) is 0 Å². The molecule has 1 nitrogen and oxygen atoms in total. The lowest BCUT2D eigenvalue weighted by Gasteiger charge is -2.13. The molecule has 0 aliphatic heterocycles. The molecule has 1 fully saturated rings. The molecule has 0 saturated heterocycles. The highest BCUT2D eigenvalue weighted by atomic mass is 127. The number of benzene rings is 2. The molecule has 1 aliphatic carbocycles. The number of aliphatic hydroxyl groups excluding tert-OH is 1. The van der Waals surface area contributed by atoms with Crippen LogP contribution >= 0.6 is 38.5 Å². The molecule has 2 aromatic rings. The maximum atomic E-state index is 10.6. The van der Waals surface area contributed by atoms with Gasteiger partial charge in [-0.1, -0.05) is 46.3 Å². The first-order valence-corrected chi connectivity index (χ1v) is 8.22.